The molecular formula is C14H18N2OS. The topological polar surface area (TPSA) is 32.3 Å². The summed E-state index contributed by atoms with van der Waals surface area (Å²) in [6.07, 6.45) is 2.26. The van der Waals surface area contributed by atoms with E-state index in [1.165, 1.54) is 5.56 Å². The van der Waals surface area contributed by atoms with Crippen molar-refractivity contribution in [2.75, 3.05) is 18.4 Å². The van der Waals surface area contributed by atoms with Gasteiger partial charge in [-0.05, 0) is 36.3 Å². The lowest BCUT2D eigenvalue weighted by Crippen LogP contribution is -2.40. The van der Waals surface area contributed by atoms with E-state index in [1.54, 1.807) is 0 Å². The number of aryl methyl sites for hydroxylation is 1. The fourth-order valence-corrected chi connectivity index (χ4v) is 2.29. The van der Waals surface area contributed by atoms with Crippen LogP contribution in [0.3, 0.4) is 0 Å². The quantitative estimate of drug-likeness (QED) is 0.830. The van der Waals surface area contributed by atoms with Crippen LogP contribution in [0.2, 0.25) is 0 Å². The van der Waals surface area contributed by atoms with Crippen LogP contribution in [0.4, 0.5) is 5.69 Å². The number of anilines is 1. The van der Waals surface area contributed by atoms with Crippen molar-refractivity contribution in [1.29, 1.82) is 0 Å². The van der Waals surface area contributed by atoms with Gasteiger partial charge >= 0.3 is 0 Å². The SMILES string of the molecule is CCc1ccc(NC(=S)N2CCC(=O)CC2)cc1. The van der Waals surface area contributed by atoms with Gasteiger partial charge in [0.05, 0.1) is 0 Å². The summed E-state index contributed by atoms with van der Waals surface area (Å²) in [7, 11) is 0. The fraction of sp³-hybridized carbons (Fsp3) is 0.429. The van der Waals surface area contributed by atoms with Gasteiger partial charge in [-0.3, -0.25) is 4.79 Å². The van der Waals surface area contributed by atoms with Crippen LogP contribution in [-0.4, -0.2) is 28.9 Å². The number of carbonyl (C=O) groups is 1. The Kier molecular flexibility index (Phi) is 4.31. The molecule has 1 aromatic carbocycles. The number of Topliss-reactive ketones (excluding diaryl/α,β-unsaturated/α-hetero) is 1. The number of hydrogen-bond acceptors (Lipinski definition) is 2. The van der Waals surface area contributed by atoms with E-state index in [9.17, 15) is 4.79 Å². The van der Waals surface area contributed by atoms with E-state index in [4.69, 9.17) is 12.2 Å². The Labute approximate surface area is 113 Å². The van der Waals surface area contributed by atoms with Crippen LogP contribution in [-0.2, 0) is 11.2 Å². The number of likely N-dealkylation sites (tertiary alicyclic amines) is 1. The van der Waals surface area contributed by atoms with Crippen molar-refractivity contribution >= 4 is 28.8 Å². The summed E-state index contributed by atoms with van der Waals surface area (Å²) >= 11 is 5.36. The predicted molar refractivity (Wildman–Crippen MR) is 77.9 cm³/mol. The van der Waals surface area contributed by atoms with Gasteiger partial charge < -0.3 is 10.2 Å². The van der Waals surface area contributed by atoms with Gasteiger partial charge in [-0.2, -0.15) is 0 Å². The molecule has 1 saturated heterocycles. The van der Waals surface area contributed by atoms with Crippen molar-refractivity contribution in [3.05, 3.63) is 29.8 Å². The maximum Gasteiger partial charge on any atom is 0.173 e. The highest BCUT2D eigenvalue weighted by molar-refractivity contribution is 7.80. The standard InChI is InChI=1S/C14H18N2OS/c1-2-11-3-5-12(6-4-11)15-14(18)16-9-7-13(17)8-10-16/h3-6H,2,7-10H2,1H3,(H,15,18). The number of thiocarbonyl (C=S) groups is 1. The van der Waals surface area contributed by atoms with Gasteiger partial charge in [0.25, 0.3) is 0 Å². The molecule has 0 bridgehead atoms. The lowest BCUT2D eigenvalue weighted by molar-refractivity contribution is -0.120. The monoisotopic (exact) mass is 262 g/mol. The van der Waals surface area contributed by atoms with Crippen molar-refractivity contribution in [3.8, 4) is 0 Å². The number of nitrogens with one attached hydrogen (secondary N) is 1. The maximum atomic E-state index is 11.2. The average molecular weight is 262 g/mol. The first-order valence-corrected chi connectivity index (χ1v) is 6.76. The molecule has 3 nitrogen and oxygen atoms in total. The Balaban J connectivity index is 1.92. The molecule has 4 heteroatoms. The minimum absolute atomic E-state index is 0.335. The summed E-state index contributed by atoms with van der Waals surface area (Å²) in [4.78, 5) is 13.2. The van der Waals surface area contributed by atoms with Gasteiger partial charge in [0, 0.05) is 31.6 Å². The molecule has 2 rings (SSSR count). The summed E-state index contributed by atoms with van der Waals surface area (Å²) in [6.45, 7) is 3.60. The molecule has 1 N–H and O–H groups in total. The summed E-state index contributed by atoms with van der Waals surface area (Å²) in [5.74, 6) is 0.335. The normalized spacial score (nSPS) is 15.6. The van der Waals surface area contributed by atoms with E-state index >= 15 is 0 Å². The van der Waals surface area contributed by atoms with Crippen LogP contribution in [0.1, 0.15) is 25.3 Å². The number of rotatable bonds is 2. The Morgan fingerprint density at radius 1 is 1.28 bits per heavy atom. The zero-order valence-corrected chi connectivity index (χ0v) is 11.4. The van der Waals surface area contributed by atoms with E-state index in [0.717, 1.165) is 25.2 Å². The second-order valence-electron chi connectivity index (χ2n) is 4.51. The fourth-order valence-electron chi connectivity index (χ4n) is 1.99. The van der Waals surface area contributed by atoms with E-state index in [2.05, 4.69) is 29.3 Å². The average Bonchev–Trinajstić information content (AvgIpc) is 2.40. The number of ketones is 1. The zero-order valence-electron chi connectivity index (χ0n) is 10.6. The van der Waals surface area contributed by atoms with Gasteiger partial charge in [0.15, 0.2) is 5.11 Å². The molecule has 0 unspecified atom stereocenters. The third-order valence-electron chi connectivity index (χ3n) is 3.22. The van der Waals surface area contributed by atoms with Gasteiger partial charge in [0.1, 0.15) is 5.78 Å². The van der Waals surface area contributed by atoms with Crippen LogP contribution in [0.25, 0.3) is 0 Å². The van der Waals surface area contributed by atoms with Gasteiger partial charge in [-0.15, -0.1) is 0 Å². The number of piperidine rings is 1. The second kappa shape index (κ2) is 5.96. The third kappa shape index (κ3) is 3.29. The zero-order chi connectivity index (χ0) is 13.0. The molecule has 1 heterocycles. The molecule has 1 fully saturated rings. The van der Waals surface area contributed by atoms with Gasteiger partial charge in [-0.1, -0.05) is 19.1 Å². The first kappa shape index (κ1) is 13.0. The first-order chi connectivity index (χ1) is 8.69. The predicted octanol–water partition coefficient (Wildman–Crippen LogP) is 2.61. The minimum Gasteiger partial charge on any atom is -0.348 e. The number of nitrogens with zero attached hydrogens (tertiary/aromatic N) is 1. The Hall–Kier alpha value is -1.42. The molecule has 0 radical (unpaired) electrons. The minimum atomic E-state index is 0.335. The van der Waals surface area contributed by atoms with E-state index in [1.807, 2.05) is 12.1 Å². The summed E-state index contributed by atoms with van der Waals surface area (Å²) in [5, 5.41) is 3.94. The summed E-state index contributed by atoms with van der Waals surface area (Å²) in [5.41, 5.74) is 2.32. The molecule has 0 aromatic heterocycles. The van der Waals surface area contributed by atoms with Crippen LogP contribution in [0, 0.1) is 0 Å². The molecule has 0 amide bonds. The van der Waals surface area contributed by atoms with Crippen LogP contribution in [0.15, 0.2) is 24.3 Å². The molecule has 96 valence electrons. The molecule has 0 atom stereocenters. The highest BCUT2D eigenvalue weighted by Crippen LogP contribution is 2.13. The number of hydrogen-bond donors (Lipinski definition) is 1. The molecule has 0 spiro atoms. The van der Waals surface area contributed by atoms with Crippen LogP contribution < -0.4 is 5.32 Å². The van der Waals surface area contributed by atoms with Crippen molar-refractivity contribution in [1.82, 2.24) is 4.90 Å². The van der Waals surface area contributed by atoms with Gasteiger partial charge in [-0.25, -0.2) is 0 Å². The van der Waals surface area contributed by atoms with Crippen LogP contribution >= 0.6 is 12.2 Å². The lowest BCUT2D eigenvalue weighted by atomic mass is 10.1. The van der Waals surface area contributed by atoms with Crippen molar-refractivity contribution in [2.45, 2.75) is 26.2 Å². The number of carbonyl (C=O) groups excluding carboxylic acids is 1. The molecule has 1 aliphatic heterocycles. The largest absolute Gasteiger partial charge is 0.348 e. The molecule has 1 aliphatic rings. The van der Waals surface area contributed by atoms with Crippen LogP contribution in [0.5, 0.6) is 0 Å². The Morgan fingerprint density at radius 3 is 2.44 bits per heavy atom. The molecule has 0 aliphatic carbocycles. The van der Waals surface area contributed by atoms with Crippen molar-refractivity contribution in [2.24, 2.45) is 0 Å². The third-order valence-corrected chi connectivity index (χ3v) is 3.58. The Morgan fingerprint density at radius 2 is 1.89 bits per heavy atom. The van der Waals surface area contributed by atoms with Gasteiger partial charge in [0.2, 0.25) is 0 Å². The Bertz CT molecular complexity index is 432. The molecule has 0 saturated carbocycles. The van der Waals surface area contributed by atoms with Crippen molar-refractivity contribution in [3.63, 3.8) is 0 Å². The number of benzene rings is 1. The van der Waals surface area contributed by atoms with Crippen molar-refractivity contribution < 1.29 is 4.79 Å². The highest BCUT2D eigenvalue weighted by Gasteiger charge is 2.18. The molecule has 18 heavy (non-hydrogen) atoms. The first-order valence-electron chi connectivity index (χ1n) is 6.35. The lowest BCUT2D eigenvalue weighted by Gasteiger charge is -2.28. The van der Waals surface area contributed by atoms with E-state index in [-0.39, 0.29) is 0 Å². The highest BCUT2D eigenvalue weighted by atomic mass is 32.1. The molecule has 1 aromatic rings. The summed E-state index contributed by atoms with van der Waals surface area (Å²) in [6, 6.07) is 8.29. The van der Waals surface area contributed by atoms with E-state index < -0.39 is 0 Å². The maximum absolute atomic E-state index is 11.2. The smallest absolute Gasteiger partial charge is 0.173 e. The van der Waals surface area contributed by atoms with E-state index in [0.29, 0.717) is 23.7 Å². The molecular weight excluding hydrogens is 244 g/mol. The second-order valence-corrected chi connectivity index (χ2v) is 4.89. The summed E-state index contributed by atoms with van der Waals surface area (Å²) < 4.78 is 0.